The second-order valence-electron chi connectivity index (χ2n) is 9.60. The Balaban J connectivity index is 1.33. The molecular weight excluding hydrogens is 474 g/mol. The summed E-state index contributed by atoms with van der Waals surface area (Å²) in [7, 11) is 1.61. The molecule has 5 heteroatoms. The van der Waals surface area contributed by atoms with Crippen molar-refractivity contribution in [2.75, 3.05) is 12.0 Å². The molecule has 0 N–H and O–H groups in total. The number of fused-ring (bicyclic) bond motifs is 1. The Kier molecular flexibility index (Phi) is 6.26. The number of nitrogens with zero attached hydrogens (tertiary/aromatic N) is 1. The summed E-state index contributed by atoms with van der Waals surface area (Å²) in [5.74, 6) is 0.311. The van der Waals surface area contributed by atoms with Gasteiger partial charge in [0.05, 0.1) is 24.6 Å². The van der Waals surface area contributed by atoms with Crippen molar-refractivity contribution in [3.63, 3.8) is 0 Å². The van der Waals surface area contributed by atoms with E-state index in [0.717, 1.165) is 11.1 Å². The summed E-state index contributed by atoms with van der Waals surface area (Å²) in [6.45, 7) is 0. The Hall–Kier alpha value is -4.64. The van der Waals surface area contributed by atoms with Gasteiger partial charge in [-0.2, -0.15) is 0 Å². The number of carbonyl (C=O) groups excluding carboxylic acids is 2. The number of ether oxygens (including phenoxy) is 2. The molecular formula is C33H27NO4. The van der Waals surface area contributed by atoms with Crippen LogP contribution in [0.15, 0.2) is 121 Å². The highest BCUT2D eigenvalue weighted by molar-refractivity contribution is 6.23. The van der Waals surface area contributed by atoms with E-state index in [1.165, 1.54) is 4.90 Å². The molecule has 1 aliphatic heterocycles. The molecule has 6 rings (SSSR count). The van der Waals surface area contributed by atoms with E-state index in [1.807, 2.05) is 78.9 Å². The van der Waals surface area contributed by atoms with E-state index >= 15 is 0 Å². The molecule has 0 bridgehead atoms. The fourth-order valence-corrected chi connectivity index (χ4v) is 5.65. The molecule has 188 valence electrons. The molecule has 1 heterocycles. The average Bonchev–Trinajstić information content (AvgIpc) is 3.24. The normalized spacial score (nSPS) is 22.3. The topological polar surface area (TPSA) is 55.8 Å². The Labute approximate surface area is 221 Å². The van der Waals surface area contributed by atoms with E-state index < -0.39 is 11.8 Å². The lowest BCUT2D eigenvalue weighted by molar-refractivity contribution is -0.122. The number of methoxy groups -OCH3 is 1. The maximum absolute atomic E-state index is 14.0. The Morgan fingerprint density at radius 1 is 0.579 bits per heavy atom. The first-order valence-corrected chi connectivity index (χ1v) is 12.7. The van der Waals surface area contributed by atoms with Crippen molar-refractivity contribution in [1.29, 1.82) is 0 Å². The first kappa shape index (κ1) is 23.7. The summed E-state index contributed by atoms with van der Waals surface area (Å²) in [4.78, 5) is 29.3. The van der Waals surface area contributed by atoms with Crippen LogP contribution < -0.4 is 14.4 Å². The molecule has 0 aromatic heterocycles. The average molecular weight is 502 g/mol. The van der Waals surface area contributed by atoms with Crippen molar-refractivity contribution in [1.82, 2.24) is 0 Å². The predicted molar refractivity (Wildman–Crippen MR) is 146 cm³/mol. The number of rotatable bonds is 6. The van der Waals surface area contributed by atoms with Crippen LogP contribution in [0, 0.1) is 11.8 Å². The van der Waals surface area contributed by atoms with Crippen molar-refractivity contribution < 1.29 is 19.1 Å². The minimum atomic E-state index is -0.479. The fourth-order valence-electron chi connectivity index (χ4n) is 5.65. The van der Waals surface area contributed by atoms with Crippen molar-refractivity contribution in [3.05, 3.63) is 132 Å². The zero-order chi connectivity index (χ0) is 26.1. The van der Waals surface area contributed by atoms with Crippen molar-refractivity contribution >= 4 is 17.5 Å². The van der Waals surface area contributed by atoms with Crippen LogP contribution in [0.3, 0.4) is 0 Å². The number of allylic oxidation sites excluding steroid dienone is 2. The van der Waals surface area contributed by atoms with E-state index in [1.54, 1.807) is 37.4 Å². The van der Waals surface area contributed by atoms with Crippen LogP contribution in [0.5, 0.6) is 17.2 Å². The van der Waals surface area contributed by atoms with Crippen molar-refractivity contribution in [2.24, 2.45) is 11.8 Å². The monoisotopic (exact) mass is 501 g/mol. The van der Waals surface area contributed by atoms with Crippen molar-refractivity contribution in [2.45, 2.75) is 11.8 Å². The van der Waals surface area contributed by atoms with Gasteiger partial charge in [0.25, 0.3) is 0 Å². The molecule has 0 spiro atoms. The van der Waals surface area contributed by atoms with Gasteiger partial charge in [-0.15, -0.1) is 0 Å². The van der Waals surface area contributed by atoms with E-state index in [4.69, 9.17) is 9.47 Å². The van der Waals surface area contributed by atoms with Crippen molar-refractivity contribution in [3.8, 4) is 17.2 Å². The van der Waals surface area contributed by atoms with Gasteiger partial charge in [0.15, 0.2) is 0 Å². The Morgan fingerprint density at radius 2 is 1.11 bits per heavy atom. The number of imide groups is 1. The van der Waals surface area contributed by atoms with E-state index in [9.17, 15) is 9.59 Å². The highest BCUT2D eigenvalue weighted by Gasteiger charge is 2.55. The predicted octanol–water partition coefficient (Wildman–Crippen LogP) is 6.73. The van der Waals surface area contributed by atoms with Crippen LogP contribution in [-0.2, 0) is 9.59 Å². The zero-order valence-electron chi connectivity index (χ0n) is 20.9. The second kappa shape index (κ2) is 10.0. The van der Waals surface area contributed by atoms with Crippen LogP contribution in [-0.4, -0.2) is 18.9 Å². The molecule has 4 aromatic carbocycles. The Bertz CT molecular complexity index is 1410. The number of hydrogen-bond acceptors (Lipinski definition) is 4. The summed E-state index contributed by atoms with van der Waals surface area (Å²) in [5, 5.41) is 0. The number of amides is 2. The summed E-state index contributed by atoms with van der Waals surface area (Å²) < 4.78 is 11.2. The van der Waals surface area contributed by atoms with Gasteiger partial charge in [0.1, 0.15) is 17.2 Å². The van der Waals surface area contributed by atoms with Crippen LogP contribution >= 0.6 is 0 Å². The van der Waals surface area contributed by atoms with Crippen LogP contribution in [0.2, 0.25) is 0 Å². The van der Waals surface area contributed by atoms with Gasteiger partial charge in [-0.05, 0) is 47.5 Å². The third-order valence-electron chi connectivity index (χ3n) is 7.44. The van der Waals surface area contributed by atoms with Gasteiger partial charge < -0.3 is 9.47 Å². The highest BCUT2D eigenvalue weighted by atomic mass is 16.5. The lowest BCUT2D eigenvalue weighted by Crippen LogP contribution is -2.31. The van der Waals surface area contributed by atoms with E-state index in [2.05, 4.69) is 12.2 Å². The fraction of sp³-hybridized carbons (Fsp3) is 0.152. The van der Waals surface area contributed by atoms with Gasteiger partial charge in [0.2, 0.25) is 11.8 Å². The van der Waals surface area contributed by atoms with E-state index in [0.29, 0.717) is 22.9 Å². The SMILES string of the molecule is COc1cccc(Oc2ccc(N3C(=O)[C@H]4[C@H](C3=O)[C@H](c3ccccc3)C=C[C@@H]4c3ccccc3)cc2)c1. The molecule has 0 radical (unpaired) electrons. The molecule has 2 aliphatic rings. The second-order valence-corrected chi connectivity index (χ2v) is 9.60. The lowest BCUT2D eigenvalue weighted by Gasteiger charge is -2.32. The van der Waals surface area contributed by atoms with Gasteiger partial charge in [-0.3, -0.25) is 9.59 Å². The minimum Gasteiger partial charge on any atom is -0.497 e. The molecule has 1 aliphatic carbocycles. The van der Waals surface area contributed by atoms with Crippen LogP contribution in [0.25, 0.3) is 0 Å². The summed E-state index contributed by atoms with van der Waals surface area (Å²) >= 11 is 0. The van der Waals surface area contributed by atoms with Crippen LogP contribution in [0.4, 0.5) is 5.69 Å². The first-order valence-electron chi connectivity index (χ1n) is 12.7. The smallest absolute Gasteiger partial charge is 0.238 e. The first-order chi connectivity index (χ1) is 18.6. The van der Waals surface area contributed by atoms with E-state index in [-0.39, 0.29) is 23.7 Å². The number of anilines is 1. The summed E-state index contributed by atoms with van der Waals surface area (Å²) in [6, 6.07) is 34.4. The molecule has 2 amide bonds. The molecule has 1 fully saturated rings. The Morgan fingerprint density at radius 3 is 1.63 bits per heavy atom. The molecule has 5 nitrogen and oxygen atoms in total. The molecule has 4 aromatic rings. The maximum atomic E-state index is 14.0. The minimum absolute atomic E-state index is 0.166. The number of benzene rings is 4. The number of hydrogen-bond donors (Lipinski definition) is 0. The zero-order valence-corrected chi connectivity index (χ0v) is 20.9. The molecule has 38 heavy (non-hydrogen) atoms. The summed E-state index contributed by atoms with van der Waals surface area (Å²) in [6.07, 6.45) is 4.21. The van der Waals surface area contributed by atoms with Gasteiger partial charge >= 0.3 is 0 Å². The number of carbonyl (C=O) groups is 2. The largest absolute Gasteiger partial charge is 0.497 e. The third kappa shape index (κ3) is 4.26. The lowest BCUT2D eigenvalue weighted by atomic mass is 9.68. The highest BCUT2D eigenvalue weighted by Crippen LogP contribution is 2.50. The van der Waals surface area contributed by atoms with Gasteiger partial charge in [-0.25, -0.2) is 4.90 Å². The third-order valence-corrected chi connectivity index (χ3v) is 7.44. The van der Waals surface area contributed by atoms with Crippen LogP contribution in [0.1, 0.15) is 23.0 Å². The van der Waals surface area contributed by atoms with Gasteiger partial charge in [-0.1, -0.05) is 78.9 Å². The summed E-state index contributed by atoms with van der Waals surface area (Å²) in [5.41, 5.74) is 2.62. The quantitative estimate of drug-likeness (QED) is 0.217. The standard InChI is InChI=1S/C33H27NO4/c1-37-26-13-8-14-27(21-26)38-25-17-15-24(16-18-25)34-32(35)30-28(22-9-4-2-5-10-22)19-20-29(31(30)33(34)36)23-11-6-3-7-12-23/h2-21,28-31H,1H3/t28-,29+,30-,31-/m1/s1. The molecule has 1 saturated heterocycles. The maximum Gasteiger partial charge on any atom is 0.238 e. The molecule has 0 saturated carbocycles. The molecule has 4 atom stereocenters. The van der Waals surface area contributed by atoms with Gasteiger partial charge in [0, 0.05) is 17.9 Å². The molecule has 0 unspecified atom stereocenters.